The number of hydrogen-bond donors (Lipinski definition) is 1. The molecule has 0 aliphatic rings. The lowest BCUT2D eigenvalue weighted by Crippen LogP contribution is -2.18. The summed E-state index contributed by atoms with van der Waals surface area (Å²) >= 11 is 0. The van der Waals surface area contributed by atoms with Gasteiger partial charge in [-0.1, -0.05) is 24.3 Å². The molecule has 1 aromatic heterocycles. The average molecular weight is 308 g/mol. The van der Waals surface area contributed by atoms with Gasteiger partial charge in [-0.3, -0.25) is 4.79 Å². The van der Waals surface area contributed by atoms with Crippen molar-refractivity contribution in [2.75, 3.05) is 12.4 Å². The van der Waals surface area contributed by atoms with Gasteiger partial charge in [0.15, 0.2) is 0 Å². The van der Waals surface area contributed by atoms with Crippen molar-refractivity contribution in [3.8, 4) is 0 Å². The number of benzene rings is 2. The molecule has 0 unspecified atom stereocenters. The second kappa shape index (κ2) is 6.36. The first-order valence-corrected chi connectivity index (χ1v) is 7.19. The summed E-state index contributed by atoms with van der Waals surface area (Å²) in [6.07, 6.45) is 1.88. The molecule has 0 atom stereocenters. The van der Waals surface area contributed by atoms with Crippen LogP contribution in [0.25, 0.3) is 10.9 Å². The number of nitrogens with zero attached hydrogens (tertiary/aromatic N) is 1. The van der Waals surface area contributed by atoms with Gasteiger partial charge < -0.3 is 14.6 Å². The first-order chi connectivity index (χ1) is 11.2. The number of para-hydroxylation sites is 1. The molecule has 0 fully saturated rings. The minimum absolute atomic E-state index is 0.159. The Morgan fingerprint density at radius 2 is 1.91 bits per heavy atom. The number of amides is 1. The van der Waals surface area contributed by atoms with Gasteiger partial charge in [-0.15, -0.1) is 0 Å². The van der Waals surface area contributed by atoms with Crippen molar-refractivity contribution in [1.29, 1.82) is 0 Å². The number of esters is 1. The van der Waals surface area contributed by atoms with Crippen molar-refractivity contribution in [3.05, 3.63) is 66.4 Å². The Labute approximate surface area is 133 Å². The fourth-order valence-electron chi connectivity index (χ4n) is 2.48. The lowest BCUT2D eigenvalue weighted by molar-refractivity contribution is -0.116. The molecule has 2 aromatic carbocycles. The van der Waals surface area contributed by atoms with Crippen molar-refractivity contribution in [2.45, 2.75) is 6.54 Å². The van der Waals surface area contributed by atoms with Gasteiger partial charge in [0, 0.05) is 17.4 Å². The van der Waals surface area contributed by atoms with Crippen LogP contribution in [0, 0.1) is 0 Å². The minimum Gasteiger partial charge on any atom is -0.465 e. The van der Waals surface area contributed by atoms with Crippen LogP contribution in [0.2, 0.25) is 0 Å². The molecule has 5 nitrogen and oxygen atoms in total. The zero-order valence-corrected chi connectivity index (χ0v) is 12.7. The molecule has 1 amide bonds. The zero-order chi connectivity index (χ0) is 16.2. The summed E-state index contributed by atoms with van der Waals surface area (Å²) in [6.45, 7) is 0.204. The highest BCUT2D eigenvalue weighted by Crippen LogP contribution is 2.16. The molecule has 0 aliphatic carbocycles. The molecule has 23 heavy (non-hydrogen) atoms. The molecule has 3 aromatic rings. The van der Waals surface area contributed by atoms with E-state index in [1.54, 1.807) is 24.3 Å². The number of fused-ring (bicyclic) bond motifs is 1. The Kier molecular flexibility index (Phi) is 4.10. The molecule has 0 saturated carbocycles. The Morgan fingerprint density at radius 1 is 1.09 bits per heavy atom. The van der Waals surface area contributed by atoms with E-state index in [9.17, 15) is 9.59 Å². The van der Waals surface area contributed by atoms with Crippen LogP contribution in [0.4, 0.5) is 5.69 Å². The summed E-state index contributed by atoms with van der Waals surface area (Å²) in [7, 11) is 1.32. The molecular formula is C18H16N2O3. The number of aromatic nitrogens is 1. The first-order valence-electron chi connectivity index (χ1n) is 7.19. The maximum absolute atomic E-state index is 12.2. The topological polar surface area (TPSA) is 60.3 Å². The number of rotatable bonds is 4. The number of methoxy groups -OCH3 is 1. The van der Waals surface area contributed by atoms with Gasteiger partial charge in [-0.25, -0.2) is 4.79 Å². The molecule has 0 radical (unpaired) electrons. The maximum Gasteiger partial charge on any atom is 0.337 e. The summed E-state index contributed by atoms with van der Waals surface area (Å²) in [5, 5.41) is 3.89. The monoisotopic (exact) mass is 308 g/mol. The number of hydrogen-bond acceptors (Lipinski definition) is 3. The van der Waals surface area contributed by atoms with Crippen molar-refractivity contribution in [1.82, 2.24) is 4.57 Å². The van der Waals surface area contributed by atoms with Crippen molar-refractivity contribution in [2.24, 2.45) is 0 Å². The third-order valence-corrected chi connectivity index (χ3v) is 3.56. The Balaban J connectivity index is 1.73. The smallest absolute Gasteiger partial charge is 0.337 e. The van der Waals surface area contributed by atoms with E-state index in [0.717, 1.165) is 10.9 Å². The molecule has 0 bridgehead atoms. The lowest BCUT2D eigenvalue weighted by Gasteiger charge is -2.08. The van der Waals surface area contributed by atoms with Crippen molar-refractivity contribution >= 4 is 28.5 Å². The summed E-state index contributed by atoms with van der Waals surface area (Å²) in [5.74, 6) is -0.592. The lowest BCUT2D eigenvalue weighted by atomic mass is 10.2. The Hall–Kier alpha value is -3.08. The Morgan fingerprint density at radius 3 is 2.74 bits per heavy atom. The van der Waals surface area contributed by atoms with Gasteiger partial charge in [-0.05, 0) is 35.7 Å². The van der Waals surface area contributed by atoms with Crippen LogP contribution in [-0.4, -0.2) is 23.6 Å². The first kappa shape index (κ1) is 14.8. The van der Waals surface area contributed by atoms with Gasteiger partial charge in [0.2, 0.25) is 5.91 Å². The van der Waals surface area contributed by atoms with E-state index in [1.165, 1.54) is 7.11 Å². The molecule has 116 valence electrons. The van der Waals surface area contributed by atoms with E-state index in [-0.39, 0.29) is 12.5 Å². The van der Waals surface area contributed by atoms with E-state index in [4.69, 9.17) is 0 Å². The van der Waals surface area contributed by atoms with Crippen LogP contribution in [-0.2, 0) is 16.1 Å². The van der Waals surface area contributed by atoms with E-state index in [0.29, 0.717) is 11.3 Å². The largest absolute Gasteiger partial charge is 0.465 e. The third-order valence-electron chi connectivity index (χ3n) is 3.56. The number of ether oxygens (including phenoxy) is 1. The zero-order valence-electron chi connectivity index (χ0n) is 12.7. The highest BCUT2D eigenvalue weighted by Gasteiger charge is 2.09. The molecule has 5 heteroatoms. The summed E-state index contributed by atoms with van der Waals surface area (Å²) in [6, 6.07) is 16.5. The number of carbonyl (C=O) groups is 2. The molecule has 3 rings (SSSR count). The Bertz CT molecular complexity index is 867. The van der Waals surface area contributed by atoms with Crippen LogP contribution in [0.5, 0.6) is 0 Å². The van der Waals surface area contributed by atoms with Crippen LogP contribution in [0.1, 0.15) is 10.4 Å². The predicted molar refractivity (Wildman–Crippen MR) is 88.3 cm³/mol. The highest BCUT2D eigenvalue weighted by atomic mass is 16.5. The molecule has 0 saturated heterocycles. The van der Waals surface area contributed by atoms with Gasteiger partial charge in [0.25, 0.3) is 0 Å². The molecular weight excluding hydrogens is 292 g/mol. The normalized spacial score (nSPS) is 10.5. The van der Waals surface area contributed by atoms with Crippen LogP contribution < -0.4 is 5.32 Å². The second-order valence-corrected chi connectivity index (χ2v) is 5.12. The van der Waals surface area contributed by atoms with E-state index in [2.05, 4.69) is 10.1 Å². The number of anilines is 1. The highest BCUT2D eigenvalue weighted by molar-refractivity contribution is 5.95. The third kappa shape index (κ3) is 3.23. The standard InChI is InChI=1S/C18H16N2O3/c1-23-18(22)14-6-4-7-15(11-14)19-17(21)12-20-10-9-13-5-2-3-8-16(13)20/h2-11H,12H2,1H3,(H,19,21). The van der Waals surface area contributed by atoms with Crippen LogP contribution >= 0.6 is 0 Å². The van der Waals surface area contributed by atoms with Gasteiger partial charge in [0.1, 0.15) is 6.54 Å². The number of nitrogens with one attached hydrogen (secondary N) is 1. The van der Waals surface area contributed by atoms with Crippen molar-refractivity contribution < 1.29 is 14.3 Å². The fourth-order valence-corrected chi connectivity index (χ4v) is 2.48. The summed E-state index contributed by atoms with van der Waals surface area (Å²) < 4.78 is 6.56. The predicted octanol–water partition coefficient (Wildman–Crippen LogP) is 3.07. The van der Waals surface area contributed by atoms with E-state index >= 15 is 0 Å². The van der Waals surface area contributed by atoms with Crippen molar-refractivity contribution in [3.63, 3.8) is 0 Å². The quantitative estimate of drug-likeness (QED) is 0.754. The fraction of sp³-hybridized carbons (Fsp3) is 0.111. The number of carbonyl (C=O) groups excluding carboxylic acids is 2. The maximum atomic E-state index is 12.2. The SMILES string of the molecule is COC(=O)c1cccc(NC(=O)Cn2ccc3ccccc32)c1. The average Bonchev–Trinajstić information content (AvgIpc) is 2.97. The van der Waals surface area contributed by atoms with Gasteiger partial charge in [0.05, 0.1) is 12.7 Å². The van der Waals surface area contributed by atoms with E-state index in [1.807, 2.05) is 41.1 Å². The van der Waals surface area contributed by atoms with Gasteiger partial charge >= 0.3 is 5.97 Å². The molecule has 1 N–H and O–H groups in total. The second-order valence-electron chi connectivity index (χ2n) is 5.12. The summed E-state index contributed by atoms with van der Waals surface area (Å²) in [4.78, 5) is 23.7. The van der Waals surface area contributed by atoms with Crippen LogP contribution in [0.15, 0.2) is 60.8 Å². The summed E-state index contributed by atoms with van der Waals surface area (Å²) in [5.41, 5.74) is 1.97. The van der Waals surface area contributed by atoms with E-state index < -0.39 is 5.97 Å². The van der Waals surface area contributed by atoms with Crippen LogP contribution in [0.3, 0.4) is 0 Å². The molecule has 0 spiro atoms. The molecule has 1 heterocycles. The minimum atomic E-state index is -0.433. The molecule has 0 aliphatic heterocycles. The van der Waals surface area contributed by atoms with Gasteiger partial charge in [-0.2, -0.15) is 0 Å².